The lowest BCUT2D eigenvalue weighted by atomic mass is 9.99. The van der Waals surface area contributed by atoms with Crippen LogP contribution in [0.25, 0.3) is 0 Å². The van der Waals surface area contributed by atoms with Gasteiger partial charge in [0, 0.05) is 6.42 Å². The number of hydrogen-bond acceptors (Lipinski definition) is 8. The molecule has 0 aromatic heterocycles. The van der Waals surface area contributed by atoms with Crippen molar-refractivity contribution in [3.05, 3.63) is 72.9 Å². The zero-order valence-electron chi connectivity index (χ0n) is 35.8. The van der Waals surface area contributed by atoms with Gasteiger partial charge in [-0.1, -0.05) is 151 Å². The van der Waals surface area contributed by atoms with Crippen LogP contribution in [0.3, 0.4) is 0 Å². The number of carbonyl (C=O) groups excluding carboxylic acids is 1. The SMILES string of the molecule is CCCCC/C=C\C/C=C\C/C=C\CCCCCCCCC(=O)NC(COC1OC(CO)C(O)C(O)C1O)C(O)/C=C/CC/C=C/CC/C=C/CCCCCCC. The number of unbranched alkanes of at least 4 members (excludes halogenated alkanes) is 16. The van der Waals surface area contributed by atoms with E-state index in [0.717, 1.165) is 89.9 Å². The Kier molecular flexibility index (Phi) is 35.0. The Labute approximate surface area is 347 Å². The van der Waals surface area contributed by atoms with Gasteiger partial charge in [-0.25, -0.2) is 0 Å². The number of hydrogen-bond donors (Lipinski definition) is 6. The van der Waals surface area contributed by atoms with Gasteiger partial charge < -0.3 is 40.3 Å². The van der Waals surface area contributed by atoms with Crippen molar-refractivity contribution in [1.29, 1.82) is 0 Å². The largest absolute Gasteiger partial charge is 0.394 e. The molecule has 57 heavy (non-hydrogen) atoms. The van der Waals surface area contributed by atoms with E-state index in [0.29, 0.717) is 6.42 Å². The van der Waals surface area contributed by atoms with Crippen LogP contribution in [0.1, 0.15) is 168 Å². The van der Waals surface area contributed by atoms with E-state index in [9.17, 15) is 30.3 Å². The van der Waals surface area contributed by atoms with Crippen molar-refractivity contribution in [1.82, 2.24) is 5.32 Å². The lowest BCUT2D eigenvalue weighted by Gasteiger charge is -2.40. The van der Waals surface area contributed by atoms with Crippen molar-refractivity contribution in [3.8, 4) is 0 Å². The highest BCUT2D eigenvalue weighted by molar-refractivity contribution is 5.76. The maximum atomic E-state index is 12.9. The molecule has 0 radical (unpaired) electrons. The van der Waals surface area contributed by atoms with Crippen LogP contribution in [0.15, 0.2) is 72.9 Å². The van der Waals surface area contributed by atoms with Gasteiger partial charge in [-0.15, -0.1) is 0 Å². The summed E-state index contributed by atoms with van der Waals surface area (Å²) in [5.41, 5.74) is 0. The van der Waals surface area contributed by atoms with Crippen LogP contribution in [0.4, 0.5) is 0 Å². The number of allylic oxidation sites excluding steroid dienone is 11. The molecule has 0 aromatic carbocycles. The van der Waals surface area contributed by atoms with E-state index in [2.05, 4.69) is 79.9 Å². The second-order valence-electron chi connectivity index (χ2n) is 15.5. The molecule has 0 spiro atoms. The van der Waals surface area contributed by atoms with Crippen LogP contribution in [-0.4, -0.2) is 87.5 Å². The molecule has 1 amide bonds. The highest BCUT2D eigenvalue weighted by Gasteiger charge is 2.44. The standard InChI is InChI=1S/C48H83NO8/c1-3-5-7-9-11-13-15-17-19-20-21-22-24-26-28-30-32-34-36-38-44(52)49-41(40-56-48-47(55)46(54)45(53)43(39-50)57-48)42(51)37-35-33-31-29-27-25-23-18-16-14-12-10-8-6-4-2/h11,13,16-19,21-22,27,29,35,37,41-43,45-48,50-51,53-55H,3-10,12,14-15,20,23-26,28,30-34,36,38-40H2,1-2H3,(H,49,52)/b13-11-,18-16+,19-17-,22-21-,29-27+,37-35+. The van der Waals surface area contributed by atoms with Gasteiger partial charge in [0.25, 0.3) is 0 Å². The van der Waals surface area contributed by atoms with Gasteiger partial charge in [-0.2, -0.15) is 0 Å². The van der Waals surface area contributed by atoms with Crippen LogP contribution in [0, 0.1) is 0 Å². The number of aliphatic hydroxyl groups is 5. The van der Waals surface area contributed by atoms with Gasteiger partial charge in [0.15, 0.2) is 6.29 Å². The number of ether oxygens (including phenoxy) is 2. The Hall–Kier alpha value is -2.37. The summed E-state index contributed by atoms with van der Waals surface area (Å²) >= 11 is 0. The summed E-state index contributed by atoms with van der Waals surface area (Å²) in [5, 5.41) is 54.1. The molecule has 328 valence electrons. The fourth-order valence-corrected chi connectivity index (χ4v) is 6.54. The molecule has 1 rings (SSSR count). The lowest BCUT2D eigenvalue weighted by Crippen LogP contribution is -2.60. The molecule has 0 bridgehead atoms. The summed E-state index contributed by atoms with van der Waals surface area (Å²) in [6, 6.07) is -0.837. The zero-order chi connectivity index (χ0) is 41.6. The number of rotatable bonds is 36. The van der Waals surface area contributed by atoms with Crippen molar-refractivity contribution < 1.29 is 39.8 Å². The molecule has 0 saturated carbocycles. The van der Waals surface area contributed by atoms with E-state index in [1.54, 1.807) is 6.08 Å². The molecule has 9 nitrogen and oxygen atoms in total. The first-order chi connectivity index (χ1) is 27.8. The Morgan fingerprint density at radius 1 is 0.596 bits per heavy atom. The predicted molar refractivity (Wildman–Crippen MR) is 235 cm³/mol. The van der Waals surface area contributed by atoms with Gasteiger partial charge in [-0.05, 0) is 83.5 Å². The molecule has 1 fully saturated rings. The van der Waals surface area contributed by atoms with Gasteiger partial charge in [0.1, 0.15) is 24.4 Å². The van der Waals surface area contributed by atoms with E-state index < -0.39 is 49.5 Å². The summed E-state index contributed by atoms with van der Waals surface area (Å²) in [6.45, 7) is 3.68. The molecule has 1 heterocycles. The molecule has 1 aliphatic rings. The molecule has 7 atom stereocenters. The predicted octanol–water partition coefficient (Wildman–Crippen LogP) is 9.39. The smallest absolute Gasteiger partial charge is 0.220 e. The summed E-state index contributed by atoms with van der Waals surface area (Å²) in [5.74, 6) is -0.208. The summed E-state index contributed by atoms with van der Waals surface area (Å²) in [6.07, 6.45) is 43.6. The summed E-state index contributed by atoms with van der Waals surface area (Å²) in [7, 11) is 0. The van der Waals surface area contributed by atoms with Gasteiger partial charge in [-0.3, -0.25) is 4.79 Å². The second-order valence-corrected chi connectivity index (χ2v) is 15.5. The maximum Gasteiger partial charge on any atom is 0.220 e. The summed E-state index contributed by atoms with van der Waals surface area (Å²) in [4.78, 5) is 12.9. The van der Waals surface area contributed by atoms with Crippen molar-refractivity contribution in [2.24, 2.45) is 0 Å². The Bertz CT molecular complexity index is 1120. The van der Waals surface area contributed by atoms with E-state index in [-0.39, 0.29) is 12.5 Å². The third-order valence-electron chi connectivity index (χ3n) is 10.2. The Morgan fingerprint density at radius 2 is 1.05 bits per heavy atom. The molecule has 0 aliphatic carbocycles. The molecule has 6 N–H and O–H groups in total. The first-order valence-corrected chi connectivity index (χ1v) is 22.7. The van der Waals surface area contributed by atoms with Crippen LogP contribution < -0.4 is 5.32 Å². The fraction of sp³-hybridized carbons (Fsp3) is 0.729. The number of amides is 1. The quantitative estimate of drug-likeness (QED) is 0.0271. The molecule has 9 heteroatoms. The number of aliphatic hydroxyl groups excluding tert-OH is 5. The molecule has 0 aromatic rings. The first kappa shape index (κ1) is 52.6. The zero-order valence-corrected chi connectivity index (χ0v) is 35.8. The minimum absolute atomic E-state index is 0.208. The van der Waals surface area contributed by atoms with E-state index in [1.165, 1.54) is 57.8 Å². The molecule has 7 unspecified atom stereocenters. The van der Waals surface area contributed by atoms with Crippen molar-refractivity contribution in [2.45, 2.75) is 211 Å². The van der Waals surface area contributed by atoms with E-state index in [1.807, 2.05) is 6.08 Å². The summed E-state index contributed by atoms with van der Waals surface area (Å²) < 4.78 is 11.2. The highest BCUT2D eigenvalue weighted by Crippen LogP contribution is 2.22. The van der Waals surface area contributed by atoms with Gasteiger partial charge in [0.05, 0.1) is 25.4 Å². The van der Waals surface area contributed by atoms with Crippen molar-refractivity contribution in [2.75, 3.05) is 13.2 Å². The fourth-order valence-electron chi connectivity index (χ4n) is 6.54. The van der Waals surface area contributed by atoms with Crippen LogP contribution in [-0.2, 0) is 14.3 Å². The average molecular weight is 802 g/mol. The van der Waals surface area contributed by atoms with Crippen LogP contribution in [0.2, 0.25) is 0 Å². The monoisotopic (exact) mass is 802 g/mol. The van der Waals surface area contributed by atoms with Crippen molar-refractivity contribution in [3.63, 3.8) is 0 Å². The third kappa shape index (κ3) is 28.7. The molecular formula is C48H83NO8. The molecule has 1 saturated heterocycles. The Balaban J connectivity index is 2.42. The van der Waals surface area contributed by atoms with E-state index >= 15 is 0 Å². The van der Waals surface area contributed by atoms with E-state index in [4.69, 9.17) is 9.47 Å². The van der Waals surface area contributed by atoms with Crippen molar-refractivity contribution >= 4 is 5.91 Å². The minimum atomic E-state index is -1.58. The maximum absolute atomic E-state index is 12.9. The van der Waals surface area contributed by atoms with Crippen LogP contribution in [0.5, 0.6) is 0 Å². The Morgan fingerprint density at radius 3 is 1.63 bits per heavy atom. The topological polar surface area (TPSA) is 149 Å². The molecular weight excluding hydrogens is 719 g/mol. The average Bonchev–Trinajstić information content (AvgIpc) is 3.21. The van der Waals surface area contributed by atoms with Gasteiger partial charge in [0.2, 0.25) is 5.91 Å². The lowest BCUT2D eigenvalue weighted by molar-refractivity contribution is -0.302. The first-order valence-electron chi connectivity index (χ1n) is 22.7. The third-order valence-corrected chi connectivity index (χ3v) is 10.2. The minimum Gasteiger partial charge on any atom is -0.394 e. The normalized spacial score (nSPS) is 21.7. The second kappa shape index (κ2) is 37.9. The number of carbonyl (C=O) groups is 1. The highest BCUT2D eigenvalue weighted by atomic mass is 16.7. The van der Waals surface area contributed by atoms with Gasteiger partial charge >= 0.3 is 0 Å². The van der Waals surface area contributed by atoms with Crippen LogP contribution >= 0.6 is 0 Å². The number of nitrogens with one attached hydrogen (secondary N) is 1. The molecule has 1 aliphatic heterocycles.